The lowest BCUT2D eigenvalue weighted by molar-refractivity contribution is -0.135. The zero-order valence-electron chi connectivity index (χ0n) is 13.7. The lowest BCUT2D eigenvalue weighted by atomic mass is 10.0. The van der Waals surface area contributed by atoms with Gasteiger partial charge in [0.15, 0.2) is 11.4 Å². The van der Waals surface area contributed by atoms with Crippen LogP contribution >= 0.6 is 11.6 Å². The predicted octanol–water partition coefficient (Wildman–Crippen LogP) is 2.98. The van der Waals surface area contributed by atoms with E-state index in [1.54, 1.807) is 69.4 Å². The number of hydrogen-bond acceptors (Lipinski definition) is 4. The standard InChI is InChI=1S/C18H19ClN2O3/c1-18(2,17(23)21-20-3)24-15-10-6-13(7-11-15)16(22)12-4-8-14(19)9-5-12/h4-11,20H,1-3H3,(H,21,23). The maximum Gasteiger partial charge on any atom is 0.277 e. The molecule has 0 atom stereocenters. The van der Waals surface area contributed by atoms with Crippen molar-refractivity contribution in [3.8, 4) is 5.75 Å². The second-order valence-corrected chi connectivity index (χ2v) is 6.11. The minimum Gasteiger partial charge on any atom is -0.478 e. The number of rotatable bonds is 6. The van der Waals surface area contributed by atoms with Crippen LogP contribution in [0.25, 0.3) is 0 Å². The number of carbonyl (C=O) groups excluding carboxylic acids is 2. The van der Waals surface area contributed by atoms with E-state index in [2.05, 4.69) is 10.9 Å². The van der Waals surface area contributed by atoms with Crippen LogP contribution in [0.5, 0.6) is 5.75 Å². The van der Waals surface area contributed by atoms with Crippen LogP contribution in [-0.4, -0.2) is 24.3 Å². The van der Waals surface area contributed by atoms with Gasteiger partial charge in [-0.2, -0.15) is 0 Å². The Morgan fingerprint density at radius 1 is 0.958 bits per heavy atom. The smallest absolute Gasteiger partial charge is 0.277 e. The normalized spacial score (nSPS) is 11.0. The van der Waals surface area contributed by atoms with E-state index in [0.29, 0.717) is 21.9 Å². The van der Waals surface area contributed by atoms with Crippen molar-refractivity contribution in [2.24, 2.45) is 0 Å². The molecular weight excluding hydrogens is 328 g/mol. The molecule has 0 aliphatic heterocycles. The van der Waals surface area contributed by atoms with Gasteiger partial charge in [-0.25, -0.2) is 5.43 Å². The van der Waals surface area contributed by atoms with E-state index in [0.717, 1.165) is 0 Å². The second-order valence-electron chi connectivity index (χ2n) is 5.68. The van der Waals surface area contributed by atoms with Gasteiger partial charge in [-0.3, -0.25) is 15.0 Å². The molecule has 0 unspecified atom stereocenters. The van der Waals surface area contributed by atoms with E-state index in [9.17, 15) is 9.59 Å². The summed E-state index contributed by atoms with van der Waals surface area (Å²) in [4.78, 5) is 24.3. The van der Waals surface area contributed by atoms with Gasteiger partial charge in [0.25, 0.3) is 5.91 Å². The number of benzene rings is 2. The van der Waals surface area contributed by atoms with E-state index >= 15 is 0 Å². The third-order valence-electron chi connectivity index (χ3n) is 3.38. The Kier molecular flexibility index (Phi) is 5.59. The molecule has 126 valence electrons. The molecule has 6 heteroatoms. The molecule has 2 aromatic rings. The molecular formula is C18H19ClN2O3. The van der Waals surface area contributed by atoms with Crippen LogP contribution in [0.1, 0.15) is 29.8 Å². The highest BCUT2D eigenvalue weighted by Gasteiger charge is 2.29. The quantitative estimate of drug-likeness (QED) is 0.623. The molecule has 0 spiro atoms. The molecule has 0 radical (unpaired) electrons. The first-order chi connectivity index (χ1) is 11.3. The minimum atomic E-state index is -1.05. The lowest BCUT2D eigenvalue weighted by Crippen LogP contribution is -2.50. The van der Waals surface area contributed by atoms with Gasteiger partial charge in [0.1, 0.15) is 5.75 Å². The van der Waals surface area contributed by atoms with Crippen molar-refractivity contribution in [2.75, 3.05) is 7.05 Å². The average Bonchev–Trinajstić information content (AvgIpc) is 2.55. The van der Waals surface area contributed by atoms with Gasteiger partial charge in [-0.15, -0.1) is 0 Å². The van der Waals surface area contributed by atoms with Crippen LogP contribution in [0.15, 0.2) is 48.5 Å². The molecule has 0 heterocycles. The molecule has 2 rings (SSSR count). The topological polar surface area (TPSA) is 67.4 Å². The van der Waals surface area contributed by atoms with Gasteiger partial charge < -0.3 is 4.74 Å². The molecule has 0 bridgehead atoms. The van der Waals surface area contributed by atoms with Gasteiger partial charge >= 0.3 is 0 Å². The van der Waals surface area contributed by atoms with Crippen LogP contribution in [0, 0.1) is 0 Å². The van der Waals surface area contributed by atoms with Crippen LogP contribution in [0.4, 0.5) is 0 Å². The van der Waals surface area contributed by atoms with Crippen molar-refractivity contribution >= 4 is 23.3 Å². The van der Waals surface area contributed by atoms with Crippen LogP contribution in [0.3, 0.4) is 0 Å². The number of hydrogen-bond donors (Lipinski definition) is 2. The predicted molar refractivity (Wildman–Crippen MR) is 93.2 cm³/mol. The van der Waals surface area contributed by atoms with Gasteiger partial charge in [-0.1, -0.05) is 11.6 Å². The van der Waals surface area contributed by atoms with E-state index < -0.39 is 5.60 Å². The molecule has 5 nitrogen and oxygen atoms in total. The highest BCUT2D eigenvalue weighted by Crippen LogP contribution is 2.21. The third-order valence-corrected chi connectivity index (χ3v) is 3.63. The first kappa shape index (κ1) is 18.0. The maximum absolute atomic E-state index is 12.4. The first-order valence-corrected chi connectivity index (χ1v) is 7.78. The van der Waals surface area contributed by atoms with Crippen LogP contribution in [0.2, 0.25) is 5.02 Å². The number of halogens is 1. The SMILES string of the molecule is CNNC(=O)C(C)(C)Oc1ccc(C(=O)c2ccc(Cl)cc2)cc1. The fourth-order valence-corrected chi connectivity index (χ4v) is 2.17. The zero-order chi connectivity index (χ0) is 17.7. The Labute approximate surface area is 145 Å². The van der Waals surface area contributed by atoms with Gasteiger partial charge in [0.2, 0.25) is 0 Å². The monoisotopic (exact) mass is 346 g/mol. The summed E-state index contributed by atoms with van der Waals surface area (Å²) < 4.78 is 5.69. The number of amides is 1. The number of nitrogens with one attached hydrogen (secondary N) is 2. The van der Waals surface area contributed by atoms with Crippen molar-refractivity contribution in [3.63, 3.8) is 0 Å². The van der Waals surface area contributed by atoms with Gasteiger partial charge in [0, 0.05) is 23.2 Å². The first-order valence-electron chi connectivity index (χ1n) is 7.40. The van der Waals surface area contributed by atoms with Crippen molar-refractivity contribution < 1.29 is 14.3 Å². The minimum absolute atomic E-state index is 0.106. The number of carbonyl (C=O) groups is 2. The Balaban J connectivity index is 2.11. The molecule has 0 fully saturated rings. The maximum atomic E-state index is 12.4. The highest BCUT2D eigenvalue weighted by molar-refractivity contribution is 6.30. The summed E-state index contributed by atoms with van der Waals surface area (Å²) in [7, 11) is 1.60. The number of hydrazine groups is 1. The summed E-state index contributed by atoms with van der Waals surface area (Å²) >= 11 is 5.83. The molecule has 2 aromatic carbocycles. The molecule has 0 aromatic heterocycles. The summed E-state index contributed by atoms with van der Waals surface area (Å²) in [5.74, 6) is 0.0932. The molecule has 0 aliphatic carbocycles. The molecule has 0 saturated carbocycles. The Bertz CT molecular complexity index is 725. The van der Waals surface area contributed by atoms with E-state index in [1.807, 2.05) is 0 Å². The summed E-state index contributed by atoms with van der Waals surface area (Å²) in [6.07, 6.45) is 0. The Morgan fingerprint density at radius 2 is 1.46 bits per heavy atom. The number of ketones is 1. The second kappa shape index (κ2) is 7.47. The number of ether oxygens (including phenoxy) is 1. The average molecular weight is 347 g/mol. The fourth-order valence-electron chi connectivity index (χ4n) is 2.05. The highest BCUT2D eigenvalue weighted by atomic mass is 35.5. The van der Waals surface area contributed by atoms with Crippen LogP contribution < -0.4 is 15.6 Å². The van der Waals surface area contributed by atoms with Crippen molar-refractivity contribution in [1.29, 1.82) is 0 Å². The Morgan fingerprint density at radius 3 is 1.96 bits per heavy atom. The zero-order valence-corrected chi connectivity index (χ0v) is 14.5. The molecule has 2 N–H and O–H groups in total. The summed E-state index contributed by atoms with van der Waals surface area (Å²) in [5.41, 5.74) is 5.09. The van der Waals surface area contributed by atoms with Gasteiger partial charge in [0.05, 0.1) is 0 Å². The van der Waals surface area contributed by atoms with E-state index in [1.165, 1.54) is 0 Å². The van der Waals surface area contributed by atoms with Crippen molar-refractivity contribution in [1.82, 2.24) is 10.9 Å². The molecule has 0 saturated heterocycles. The van der Waals surface area contributed by atoms with E-state index in [4.69, 9.17) is 16.3 Å². The van der Waals surface area contributed by atoms with Crippen molar-refractivity contribution in [3.05, 3.63) is 64.7 Å². The molecule has 1 amide bonds. The van der Waals surface area contributed by atoms with Gasteiger partial charge in [-0.05, 0) is 62.4 Å². The van der Waals surface area contributed by atoms with Crippen molar-refractivity contribution in [2.45, 2.75) is 19.4 Å². The fraction of sp³-hybridized carbons (Fsp3) is 0.222. The summed E-state index contributed by atoms with van der Waals surface area (Å²) in [6, 6.07) is 13.4. The van der Waals surface area contributed by atoms with E-state index in [-0.39, 0.29) is 11.7 Å². The molecule has 24 heavy (non-hydrogen) atoms. The summed E-state index contributed by atoms with van der Waals surface area (Å²) in [5, 5.41) is 0.581. The van der Waals surface area contributed by atoms with Crippen LogP contribution in [-0.2, 0) is 4.79 Å². The summed E-state index contributed by atoms with van der Waals surface area (Å²) in [6.45, 7) is 3.32. The Hall–Kier alpha value is -2.37. The third kappa shape index (κ3) is 4.34. The largest absolute Gasteiger partial charge is 0.478 e. The lowest BCUT2D eigenvalue weighted by Gasteiger charge is -2.25. The molecule has 0 aliphatic rings.